The molecular formula is C24H32N4O5S2. The van der Waals surface area contributed by atoms with Crippen LogP contribution in [0.15, 0.2) is 28.1 Å². The number of nitrogens with one attached hydrogen (secondary N) is 3. The lowest BCUT2D eigenvalue weighted by Crippen LogP contribution is -2.36. The lowest BCUT2D eigenvalue weighted by molar-refractivity contribution is -0.142. The molecule has 35 heavy (non-hydrogen) atoms. The van der Waals surface area contributed by atoms with E-state index >= 15 is 0 Å². The largest absolute Gasteiger partial charge is 0.481 e. The zero-order chi connectivity index (χ0) is 24.6. The Labute approximate surface area is 212 Å². The number of carbonyl (C=O) groups is 3. The van der Waals surface area contributed by atoms with Gasteiger partial charge in [0.2, 0.25) is 0 Å². The molecule has 4 rings (SSSR count). The average molecular weight is 521 g/mol. The van der Waals surface area contributed by atoms with Crippen molar-refractivity contribution in [3.05, 3.63) is 29.3 Å². The standard InChI is InChI=1S/C24H32N4O5S2/c29-22(16-13-18(33-28-16)19-10-6-12-34-19)25-11-4-2-1-3-7-15(23(30)31)8-5-9-20-21-17(14-35-20)26-24(32)27-21/h6,10,12-13,15,17,20-21H,1-5,7-9,11,14H2,(H,25,29)(H,30,31)(H2,26,27,32)/t15?,17-,20-,21-/m0/s1. The molecule has 4 atom stereocenters. The second-order valence-corrected chi connectivity index (χ2v) is 11.3. The molecule has 0 aromatic carbocycles. The van der Waals surface area contributed by atoms with Crippen LogP contribution in [0, 0.1) is 5.92 Å². The molecule has 4 N–H and O–H groups in total. The first-order valence-corrected chi connectivity index (χ1v) is 14.1. The normalized spacial score (nSPS) is 21.8. The zero-order valence-electron chi connectivity index (χ0n) is 19.5. The highest BCUT2D eigenvalue weighted by Gasteiger charge is 2.42. The van der Waals surface area contributed by atoms with Gasteiger partial charge in [0.1, 0.15) is 0 Å². The van der Waals surface area contributed by atoms with Crippen molar-refractivity contribution in [2.24, 2.45) is 5.92 Å². The Hall–Kier alpha value is -2.53. The fraction of sp³-hybridized carbons (Fsp3) is 0.583. The van der Waals surface area contributed by atoms with Crippen LogP contribution < -0.4 is 16.0 Å². The number of unbranched alkanes of at least 4 members (excludes halogenated alkanes) is 3. The quantitative estimate of drug-likeness (QED) is 0.217. The van der Waals surface area contributed by atoms with Gasteiger partial charge in [0.05, 0.1) is 22.9 Å². The van der Waals surface area contributed by atoms with Crippen LogP contribution in [0.4, 0.5) is 4.79 Å². The second-order valence-electron chi connectivity index (χ2n) is 9.10. The van der Waals surface area contributed by atoms with Crippen molar-refractivity contribution >= 4 is 41.0 Å². The molecule has 2 saturated heterocycles. The minimum absolute atomic E-state index is 0.0882. The molecule has 2 aromatic rings. The van der Waals surface area contributed by atoms with Gasteiger partial charge in [-0.25, -0.2) is 4.79 Å². The number of fused-ring (bicyclic) bond motifs is 1. The van der Waals surface area contributed by atoms with Gasteiger partial charge in [0, 0.05) is 23.6 Å². The summed E-state index contributed by atoms with van der Waals surface area (Å²) in [6.45, 7) is 0.551. The Morgan fingerprint density at radius 1 is 1.20 bits per heavy atom. The number of carboxylic acids is 1. The molecule has 4 heterocycles. The van der Waals surface area contributed by atoms with Gasteiger partial charge in [0.25, 0.3) is 5.91 Å². The Balaban J connectivity index is 1.06. The number of thioether (sulfide) groups is 1. The third-order valence-electron chi connectivity index (χ3n) is 6.60. The van der Waals surface area contributed by atoms with Crippen LogP contribution in [0.3, 0.4) is 0 Å². The van der Waals surface area contributed by atoms with Gasteiger partial charge in [0.15, 0.2) is 11.5 Å². The summed E-state index contributed by atoms with van der Waals surface area (Å²) in [5.74, 6) is 0.220. The molecule has 2 aromatic heterocycles. The van der Waals surface area contributed by atoms with E-state index in [0.29, 0.717) is 30.4 Å². The predicted octanol–water partition coefficient (Wildman–Crippen LogP) is 4.12. The fourth-order valence-corrected chi connectivity index (χ4v) is 6.90. The molecule has 2 fully saturated rings. The molecule has 190 valence electrons. The van der Waals surface area contributed by atoms with E-state index in [1.54, 1.807) is 6.07 Å². The van der Waals surface area contributed by atoms with Crippen LogP contribution in [0.5, 0.6) is 0 Å². The number of thiophene rings is 1. The van der Waals surface area contributed by atoms with Gasteiger partial charge >= 0.3 is 12.0 Å². The summed E-state index contributed by atoms with van der Waals surface area (Å²) in [6.07, 6.45) is 6.70. The van der Waals surface area contributed by atoms with Gasteiger partial charge < -0.3 is 25.6 Å². The Kier molecular flexibility index (Phi) is 9.08. The fourth-order valence-electron chi connectivity index (χ4n) is 4.68. The van der Waals surface area contributed by atoms with Crippen LogP contribution >= 0.6 is 23.1 Å². The molecule has 0 radical (unpaired) electrons. The van der Waals surface area contributed by atoms with Crippen LogP contribution in [0.1, 0.15) is 61.9 Å². The van der Waals surface area contributed by atoms with E-state index in [1.165, 1.54) is 11.3 Å². The summed E-state index contributed by atoms with van der Waals surface area (Å²) in [5, 5.41) is 24.5. The summed E-state index contributed by atoms with van der Waals surface area (Å²) >= 11 is 3.39. The topological polar surface area (TPSA) is 134 Å². The maximum Gasteiger partial charge on any atom is 0.315 e. The number of aliphatic carboxylic acids is 1. The number of hydrogen-bond acceptors (Lipinski definition) is 7. The Bertz CT molecular complexity index is 996. The minimum atomic E-state index is -0.723. The summed E-state index contributed by atoms with van der Waals surface area (Å²) in [5.41, 5.74) is 0.274. The molecule has 0 spiro atoms. The Morgan fingerprint density at radius 2 is 2.03 bits per heavy atom. The molecule has 9 nitrogen and oxygen atoms in total. The zero-order valence-corrected chi connectivity index (χ0v) is 21.2. The third kappa shape index (κ3) is 7.00. The highest BCUT2D eigenvalue weighted by Crippen LogP contribution is 2.33. The van der Waals surface area contributed by atoms with Gasteiger partial charge in [-0.3, -0.25) is 9.59 Å². The molecule has 0 saturated carbocycles. The number of carboxylic acid groups (broad SMARTS) is 1. The van der Waals surface area contributed by atoms with E-state index < -0.39 is 5.97 Å². The Morgan fingerprint density at radius 3 is 2.83 bits per heavy atom. The number of aromatic nitrogens is 1. The van der Waals surface area contributed by atoms with Gasteiger partial charge in [-0.2, -0.15) is 11.8 Å². The minimum Gasteiger partial charge on any atom is -0.481 e. The molecule has 0 aliphatic carbocycles. The van der Waals surface area contributed by atoms with Crippen LogP contribution in [0.2, 0.25) is 0 Å². The van der Waals surface area contributed by atoms with Gasteiger partial charge in [-0.1, -0.05) is 36.9 Å². The summed E-state index contributed by atoms with van der Waals surface area (Å²) < 4.78 is 5.24. The van der Waals surface area contributed by atoms with Crippen molar-refractivity contribution in [1.29, 1.82) is 0 Å². The van der Waals surface area contributed by atoms with Crippen LogP contribution in [0.25, 0.3) is 10.6 Å². The monoisotopic (exact) mass is 520 g/mol. The maximum atomic E-state index is 12.2. The first-order chi connectivity index (χ1) is 17.0. The predicted molar refractivity (Wildman–Crippen MR) is 136 cm³/mol. The van der Waals surface area contributed by atoms with E-state index in [1.807, 2.05) is 29.3 Å². The number of hydrogen-bond donors (Lipinski definition) is 4. The van der Waals surface area contributed by atoms with Gasteiger partial charge in [-0.15, -0.1) is 11.3 Å². The van der Waals surface area contributed by atoms with E-state index in [-0.39, 0.29) is 35.6 Å². The van der Waals surface area contributed by atoms with Crippen molar-refractivity contribution in [1.82, 2.24) is 21.1 Å². The molecule has 2 aliphatic heterocycles. The van der Waals surface area contributed by atoms with Crippen molar-refractivity contribution in [2.75, 3.05) is 12.3 Å². The second kappa shape index (κ2) is 12.4. The van der Waals surface area contributed by atoms with Crippen LogP contribution in [-0.2, 0) is 4.79 Å². The summed E-state index contributed by atoms with van der Waals surface area (Å²) in [4.78, 5) is 36.3. The smallest absolute Gasteiger partial charge is 0.315 e. The number of carbonyl (C=O) groups excluding carboxylic acids is 2. The van der Waals surface area contributed by atoms with Crippen molar-refractivity contribution in [2.45, 2.75) is 68.7 Å². The maximum absolute atomic E-state index is 12.2. The summed E-state index contributed by atoms with van der Waals surface area (Å²) in [6, 6.07) is 5.77. The molecule has 3 amide bonds. The highest BCUT2D eigenvalue weighted by molar-refractivity contribution is 8.00. The van der Waals surface area contributed by atoms with Crippen LogP contribution in [-0.4, -0.2) is 57.8 Å². The number of amides is 3. The van der Waals surface area contributed by atoms with Crippen molar-refractivity contribution in [3.63, 3.8) is 0 Å². The van der Waals surface area contributed by atoms with E-state index in [2.05, 4.69) is 21.1 Å². The molecule has 0 bridgehead atoms. The van der Waals surface area contributed by atoms with Crippen molar-refractivity contribution < 1.29 is 24.0 Å². The molecular weight excluding hydrogens is 488 g/mol. The van der Waals surface area contributed by atoms with Crippen molar-refractivity contribution in [3.8, 4) is 10.6 Å². The van der Waals surface area contributed by atoms with E-state index in [0.717, 1.165) is 49.2 Å². The van der Waals surface area contributed by atoms with Gasteiger partial charge in [-0.05, 0) is 37.1 Å². The van der Waals surface area contributed by atoms with E-state index in [4.69, 9.17) is 4.52 Å². The highest BCUT2D eigenvalue weighted by atomic mass is 32.2. The van der Waals surface area contributed by atoms with E-state index in [9.17, 15) is 19.5 Å². The number of urea groups is 1. The number of nitrogens with zero attached hydrogens (tertiary/aromatic N) is 1. The molecule has 1 unspecified atom stereocenters. The number of rotatable bonds is 14. The first-order valence-electron chi connectivity index (χ1n) is 12.2. The lowest BCUT2D eigenvalue weighted by atomic mass is 9.93. The molecule has 2 aliphatic rings. The SMILES string of the molecule is O=C1N[C@H]2[C@H](CS[C@H]2CCCC(CCCCCCNC(=O)c2cc(-c3cccs3)on2)C(=O)O)N1. The average Bonchev–Trinajstić information content (AvgIpc) is 3.62. The summed E-state index contributed by atoms with van der Waals surface area (Å²) in [7, 11) is 0. The lowest BCUT2D eigenvalue weighted by Gasteiger charge is -2.18. The molecule has 11 heteroatoms. The first kappa shape index (κ1) is 25.6. The third-order valence-corrected chi connectivity index (χ3v) is 8.99.